The van der Waals surface area contributed by atoms with Crippen molar-refractivity contribution in [3.8, 4) is 0 Å². The van der Waals surface area contributed by atoms with Crippen molar-refractivity contribution in [2.45, 2.75) is 0 Å². The van der Waals surface area contributed by atoms with E-state index in [9.17, 15) is 0 Å². The summed E-state index contributed by atoms with van der Waals surface area (Å²) in [6.07, 6.45) is 0. The fraction of sp³-hybridized carbons (Fsp3) is 0. The van der Waals surface area contributed by atoms with Crippen LogP contribution in [0.15, 0.2) is 0 Å². The second-order valence-corrected chi connectivity index (χ2v) is 0. The molecule has 0 aromatic heterocycles. The first-order valence-corrected chi connectivity index (χ1v) is 0. The van der Waals surface area contributed by atoms with Gasteiger partial charge in [0.1, 0.15) is 0 Å². The van der Waals surface area contributed by atoms with Crippen LogP contribution in [-0.4, -0.2) is 55.1 Å². The molecule has 0 unspecified atom stereocenters. The topological polar surface area (TPSA) is 0 Å². The van der Waals surface area contributed by atoms with Gasteiger partial charge in [0.15, 0.2) is 0 Å². The minimum atomic E-state index is 0. The van der Waals surface area contributed by atoms with Crippen LogP contribution in [0.2, 0.25) is 0 Å². The molecule has 0 saturated carbocycles. The third-order valence-electron chi connectivity index (χ3n) is 0. The molecule has 0 nitrogen and oxygen atoms in total. The van der Waals surface area contributed by atoms with Crippen molar-refractivity contribution in [2.75, 3.05) is 0 Å². The Kier molecular flexibility index (Phi) is 123. The Morgan fingerprint density at radius 3 is 1.00 bits per heavy atom. The Balaban J connectivity index is 0. The summed E-state index contributed by atoms with van der Waals surface area (Å²) in [7, 11) is 0. The third kappa shape index (κ3) is 8.85. The molecule has 0 rings (SSSR count). The van der Waals surface area contributed by atoms with Crippen LogP contribution in [0.4, 0.5) is 0 Å². The van der Waals surface area contributed by atoms with Crippen LogP contribution in [0.25, 0.3) is 0 Å². The quantitative estimate of drug-likeness (QED) is 0.427. The summed E-state index contributed by atoms with van der Waals surface area (Å²) in [6, 6.07) is 0. The number of hydrogen-bond donors (Lipinski definition) is 0. The number of hydrogen-bond acceptors (Lipinski definition) is 0. The van der Waals surface area contributed by atoms with E-state index in [1.807, 2.05) is 0 Å². The molecule has 0 fully saturated rings. The molecule has 4 heteroatoms. The molecule has 0 aromatic carbocycles. The summed E-state index contributed by atoms with van der Waals surface area (Å²) in [5.41, 5.74) is 0. The summed E-state index contributed by atoms with van der Waals surface area (Å²) in [4.78, 5) is 0. The van der Waals surface area contributed by atoms with Crippen LogP contribution in [0.1, 0.15) is 0 Å². The van der Waals surface area contributed by atoms with Crippen LogP contribution >= 0.6 is 0 Å². The second-order valence-electron chi connectivity index (χ2n) is 0. The molecule has 0 spiro atoms. The van der Waals surface area contributed by atoms with E-state index in [0.29, 0.717) is 0 Å². The molecule has 0 aromatic rings. The van der Waals surface area contributed by atoms with Gasteiger partial charge < -0.3 is 0 Å². The van der Waals surface area contributed by atoms with E-state index < -0.39 is 0 Å². The summed E-state index contributed by atoms with van der Waals surface area (Å²) < 4.78 is 0. The molecule has 0 heterocycles. The molecule has 0 N–H and O–H groups in total. The van der Waals surface area contributed by atoms with E-state index in [4.69, 9.17) is 0 Å². The van der Waals surface area contributed by atoms with Gasteiger partial charge in [0.05, 0.1) is 0 Å². The van der Waals surface area contributed by atoms with Crippen molar-refractivity contribution in [3.05, 3.63) is 0 Å². The van der Waals surface area contributed by atoms with Gasteiger partial charge in [-0.25, -0.2) is 0 Å². The van der Waals surface area contributed by atoms with Crippen molar-refractivity contribution in [1.29, 1.82) is 0 Å². The minimum Gasteiger partial charge on any atom is 0 e. The largest absolute Gasteiger partial charge is 0 e. The standard InChI is InChI=1S/Al.Ca.Fe.Mn. The maximum atomic E-state index is 0. The molecule has 0 atom stereocenters. The third-order valence-corrected chi connectivity index (χ3v) is 0. The van der Waals surface area contributed by atoms with Crippen LogP contribution in [0.5, 0.6) is 0 Å². The van der Waals surface area contributed by atoms with Gasteiger partial charge in [0.2, 0.25) is 0 Å². The Morgan fingerprint density at radius 2 is 1.00 bits per heavy atom. The van der Waals surface area contributed by atoms with Gasteiger partial charge in [-0.1, -0.05) is 0 Å². The van der Waals surface area contributed by atoms with Crippen molar-refractivity contribution in [1.82, 2.24) is 0 Å². The van der Waals surface area contributed by atoms with Gasteiger partial charge >= 0.3 is 0 Å². The van der Waals surface area contributed by atoms with E-state index >= 15 is 0 Å². The first-order chi connectivity index (χ1) is 0. The Bertz CT molecular complexity index is 8.00. The first-order valence-electron chi connectivity index (χ1n) is 0. The van der Waals surface area contributed by atoms with Crippen molar-refractivity contribution < 1.29 is 34.1 Å². The SMILES string of the molecule is [Al].[Ca].[Fe].[Mn]. The van der Waals surface area contributed by atoms with E-state index in [1.54, 1.807) is 0 Å². The molecule has 4 heavy (non-hydrogen) atoms. The summed E-state index contributed by atoms with van der Waals surface area (Å²) in [5, 5.41) is 0. The average Bonchev–Trinajstić information content (AvgIpc) is 0. The zero-order valence-corrected chi connectivity index (χ0v) is 7.66. The van der Waals surface area contributed by atoms with E-state index in [2.05, 4.69) is 0 Å². The zero-order chi connectivity index (χ0) is 0. The predicted molar refractivity (Wildman–Crippen MR) is 11.5 cm³/mol. The van der Waals surface area contributed by atoms with Crippen LogP contribution in [0.3, 0.4) is 0 Å². The normalized spacial score (nSPS) is 0. The van der Waals surface area contributed by atoms with Gasteiger partial charge in [0.25, 0.3) is 0 Å². The molecule has 0 aliphatic rings. The zero-order valence-electron chi connectivity index (χ0n) is 2.02. The molecule has 0 bridgehead atoms. The fourth-order valence-corrected chi connectivity index (χ4v) is 0. The van der Waals surface area contributed by atoms with Crippen LogP contribution in [0, 0.1) is 0 Å². The van der Waals surface area contributed by atoms with Crippen LogP contribution < -0.4 is 0 Å². The molecule has 0 saturated heterocycles. The molecular weight excluding hydrogens is 178 g/mol. The first kappa shape index (κ1) is 29.0. The number of rotatable bonds is 0. The molecule has 0 amide bonds. The molecule has 20 valence electrons. The molecule has 0 aliphatic carbocycles. The smallest absolute Gasteiger partial charge is 0 e. The fourth-order valence-electron chi connectivity index (χ4n) is 0. The molecule has 6 radical (unpaired) electrons. The average molecular weight is 178 g/mol. The Morgan fingerprint density at radius 1 is 1.00 bits per heavy atom. The summed E-state index contributed by atoms with van der Waals surface area (Å²) in [5.74, 6) is 0. The Labute approximate surface area is 87.5 Å². The predicted octanol–water partition coefficient (Wildman–Crippen LogP) is -0.767. The van der Waals surface area contributed by atoms with Crippen molar-refractivity contribution >= 4 is 55.1 Å². The van der Waals surface area contributed by atoms with E-state index in [0.717, 1.165) is 0 Å². The van der Waals surface area contributed by atoms with Gasteiger partial charge in [-0.15, -0.1) is 0 Å². The van der Waals surface area contributed by atoms with Gasteiger partial charge in [-0.3, -0.25) is 0 Å². The van der Waals surface area contributed by atoms with E-state index in [1.165, 1.54) is 0 Å². The second kappa shape index (κ2) is 17.0. The minimum absolute atomic E-state index is 0. The van der Waals surface area contributed by atoms with Gasteiger partial charge in [-0.05, 0) is 0 Å². The Hall–Kier alpha value is 2.83. The maximum absolute atomic E-state index is 0. The summed E-state index contributed by atoms with van der Waals surface area (Å²) in [6.45, 7) is 0. The van der Waals surface area contributed by atoms with Gasteiger partial charge in [-0.2, -0.15) is 0 Å². The monoisotopic (exact) mass is 178 g/mol. The van der Waals surface area contributed by atoms with Crippen LogP contribution in [-0.2, 0) is 34.1 Å². The van der Waals surface area contributed by atoms with E-state index in [-0.39, 0.29) is 89.2 Å². The van der Waals surface area contributed by atoms with Crippen molar-refractivity contribution in [3.63, 3.8) is 0 Å². The van der Waals surface area contributed by atoms with Gasteiger partial charge in [0, 0.05) is 89.2 Å². The molecule has 0 aliphatic heterocycles. The summed E-state index contributed by atoms with van der Waals surface area (Å²) >= 11 is 0. The maximum Gasteiger partial charge on any atom is 0 e. The van der Waals surface area contributed by atoms with Crippen molar-refractivity contribution in [2.24, 2.45) is 0 Å². The molecular formula is AlCaFeMn.